The molecular weight excluding hydrogens is 440 g/mol. The second kappa shape index (κ2) is 9.59. The van der Waals surface area contributed by atoms with Gasteiger partial charge >= 0.3 is 12.6 Å². The molecule has 0 radical (unpaired) electrons. The van der Waals surface area contributed by atoms with Crippen molar-refractivity contribution in [3.8, 4) is 5.75 Å². The molecule has 30 heavy (non-hydrogen) atoms. The fourth-order valence-corrected chi connectivity index (χ4v) is 4.75. The quantitative estimate of drug-likeness (QED) is 0.719. The van der Waals surface area contributed by atoms with E-state index in [0.717, 1.165) is 0 Å². The summed E-state index contributed by atoms with van der Waals surface area (Å²) in [6.45, 7) is -2.05. The van der Waals surface area contributed by atoms with E-state index in [1.54, 1.807) is 24.3 Å². The normalized spacial score (nSPS) is 15.3. The van der Waals surface area contributed by atoms with Crippen LogP contribution in [0.1, 0.15) is 5.56 Å². The maximum absolute atomic E-state index is 12.7. The van der Waals surface area contributed by atoms with Crippen LogP contribution in [0.4, 0.5) is 13.6 Å². The summed E-state index contributed by atoms with van der Waals surface area (Å²) < 4.78 is 55.7. The second-order valence-corrected chi connectivity index (χ2v) is 8.91. The summed E-state index contributed by atoms with van der Waals surface area (Å²) in [5.74, 6) is 0.0107. The van der Waals surface area contributed by atoms with Crippen molar-refractivity contribution < 1.29 is 26.7 Å². The zero-order valence-electron chi connectivity index (χ0n) is 15.8. The van der Waals surface area contributed by atoms with Crippen LogP contribution in [0.25, 0.3) is 0 Å². The van der Waals surface area contributed by atoms with Gasteiger partial charge in [0.2, 0.25) is 10.0 Å². The van der Waals surface area contributed by atoms with Gasteiger partial charge in [-0.05, 0) is 35.9 Å². The highest BCUT2D eigenvalue weighted by molar-refractivity contribution is 7.89. The molecule has 1 aliphatic heterocycles. The Morgan fingerprint density at radius 1 is 1.10 bits per heavy atom. The Morgan fingerprint density at radius 3 is 2.47 bits per heavy atom. The fourth-order valence-electron chi connectivity index (χ4n) is 3.03. The van der Waals surface area contributed by atoms with E-state index < -0.39 is 16.6 Å². The van der Waals surface area contributed by atoms with Crippen LogP contribution in [0.3, 0.4) is 0 Å². The van der Waals surface area contributed by atoms with Crippen molar-refractivity contribution in [2.75, 3.05) is 26.2 Å². The van der Waals surface area contributed by atoms with Crippen molar-refractivity contribution in [3.63, 3.8) is 0 Å². The first-order chi connectivity index (χ1) is 14.3. The molecule has 1 saturated heterocycles. The van der Waals surface area contributed by atoms with Crippen molar-refractivity contribution >= 4 is 27.7 Å². The lowest BCUT2D eigenvalue weighted by molar-refractivity contribution is -0.0498. The lowest BCUT2D eigenvalue weighted by atomic mass is 10.2. The third-order valence-electron chi connectivity index (χ3n) is 4.53. The SMILES string of the molecule is O=C(NCc1cccc(OC(F)F)c1)N1CCN(S(=O)(=O)c2cccc(Cl)c2)CC1. The standard InChI is InChI=1S/C19H20ClF2N3O4S/c20-15-4-2-6-17(12-15)30(27,28)25-9-7-24(8-10-25)19(26)23-13-14-3-1-5-16(11-14)29-18(21)22/h1-6,11-12,18H,7-10,13H2,(H,23,26). The van der Waals surface area contributed by atoms with Gasteiger partial charge in [-0.1, -0.05) is 29.8 Å². The Kier molecular flexibility index (Phi) is 7.11. The summed E-state index contributed by atoms with van der Waals surface area (Å²) in [4.78, 5) is 14.0. The minimum atomic E-state index is -3.69. The average Bonchev–Trinajstić information content (AvgIpc) is 2.72. The number of nitrogens with one attached hydrogen (secondary N) is 1. The minimum Gasteiger partial charge on any atom is -0.435 e. The van der Waals surface area contributed by atoms with Gasteiger partial charge in [0.15, 0.2) is 0 Å². The molecule has 0 unspecified atom stereocenters. The number of amides is 2. The second-order valence-electron chi connectivity index (χ2n) is 6.53. The molecule has 7 nitrogen and oxygen atoms in total. The molecule has 1 aliphatic rings. The summed E-state index contributed by atoms with van der Waals surface area (Å²) in [5.41, 5.74) is 0.601. The molecule has 2 amide bonds. The van der Waals surface area contributed by atoms with Gasteiger partial charge in [-0.2, -0.15) is 13.1 Å². The molecule has 0 bridgehead atoms. The van der Waals surface area contributed by atoms with Crippen molar-refractivity contribution in [2.45, 2.75) is 18.1 Å². The maximum atomic E-state index is 12.7. The number of benzene rings is 2. The van der Waals surface area contributed by atoms with Gasteiger partial charge in [-0.15, -0.1) is 0 Å². The van der Waals surface area contributed by atoms with Gasteiger partial charge in [0.1, 0.15) is 5.75 Å². The zero-order valence-corrected chi connectivity index (χ0v) is 17.4. The van der Waals surface area contributed by atoms with Gasteiger partial charge < -0.3 is 15.0 Å². The van der Waals surface area contributed by atoms with E-state index in [1.165, 1.54) is 33.5 Å². The number of hydrogen-bond donors (Lipinski definition) is 1. The number of carbonyl (C=O) groups excluding carboxylic acids is 1. The number of urea groups is 1. The smallest absolute Gasteiger partial charge is 0.387 e. The average molecular weight is 460 g/mol. The molecule has 2 aromatic carbocycles. The Bertz CT molecular complexity index is 999. The molecule has 11 heteroatoms. The number of alkyl halides is 2. The third kappa shape index (κ3) is 5.59. The molecule has 0 aliphatic carbocycles. The topological polar surface area (TPSA) is 79.0 Å². The molecular formula is C19H20ClF2N3O4S. The molecule has 0 aromatic heterocycles. The lowest BCUT2D eigenvalue weighted by Crippen LogP contribution is -2.52. The molecule has 1 N–H and O–H groups in total. The molecule has 1 fully saturated rings. The summed E-state index contributed by atoms with van der Waals surface area (Å²) in [6, 6.07) is 11.7. The molecule has 0 atom stereocenters. The first-order valence-corrected chi connectivity index (χ1v) is 10.9. The summed E-state index contributed by atoms with van der Waals surface area (Å²) in [6.07, 6.45) is 0. The molecule has 0 spiro atoms. The minimum absolute atomic E-state index is 0.0107. The number of piperazine rings is 1. The first-order valence-electron chi connectivity index (χ1n) is 9.08. The van der Waals surface area contributed by atoms with Crippen molar-refractivity contribution in [1.29, 1.82) is 0 Å². The number of halogens is 3. The van der Waals surface area contributed by atoms with E-state index in [4.69, 9.17) is 11.6 Å². The van der Waals surface area contributed by atoms with Crippen LogP contribution in [0, 0.1) is 0 Å². The summed E-state index contributed by atoms with van der Waals surface area (Å²) in [5, 5.41) is 3.03. The third-order valence-corrected chi connectivity index (χ3v) is 6.66. The van der Waals surface area contributed by atoms with E-state index in [-0.39, 0.29) is 49.4 Å². The van der Waals surface area contributed by atoms with Gasteiger partial charge in [-0.3, -0.25) is 0 Å². The van der Waals surface area contributed by atoms with Crippen molar-refractivity contribution in [1.82, 2.24) is 14.5 Å². The van der Waals surface area contributed by atoms with Crippen molar-refractivity contribution in [2.24, 2.45) is 0 Å². The van der Waals surface area contributed by atoms with E-state index >= 15 is 0 Å². The number of nitrogens with zero attached hydrogens (tertiary/aromatic N) is 2. The summed E-state index contributed by atoms with van der Waals surface area (Å²) >= 11 is 5.89. The molecule has 3 rings (SSSR count). The maximum Gasteiger partial charge on any atom is 0.387 e. The van der Waals surface area contributed by atoms with Gasteiger partial charge in [0, 0.05) is 37.7 Å². The number of sulfonamides is 1. The van der Waals surface area contributed by atoms with Gasteiger partial charge in [-0.25, -0.2) is 13.2 Å². The summed E-state index contributed by atoms with van der Waals surface area (Å²) in [7, 11) is -3.69. The Balaban J connectivity index is 1.53. The molecule has 162 valence electrons. The number of hydrogen-bond acceptors (Lipinski definition) is 4. The van der Waals surface area contributed by atoms with Crippen LogP contribution >= 0.6 is 11.6 Å². The predicted molar refractivity (Wildman–Crippen MR) is 107 cm³/mol. The first kappa shape index (κ1) is 22.3. The van der Waals surface area contributed by atoms with E-state index in [9.17, 15) is 22.0 Å². The van der Waals surface area contributed by atoms with Crippen LogP contribution in [0.15, 0.2) is 53.4 Å². The number of carbonyl (C=O) groups is 1. The van der Waals surface area contributed by atoms with E-state index in [1.807, 2.05) is 0 Å². The highest BCUT2D eigenvalue weighted by Crippen LogP contribution is 2.21. The Labute approximate surface area is 178 Å². The van der Waals surface area contributed by atoms with Crippen molar-refractivity contribution in [3.05, 3.63) is 59.1 Å². The van der Waals surface area contributed by atoms with E-state index in [0.29, 0.717) is 10.6 Å². The van der Waals surface area contributed by atoms with Crippen LogP contribution in [0.2, 0.25) is 5.02 Å². The van der Waals surface area contributed by atoms with E-state index in [2.05, 4.69) is 10.1 Å². The molecule has 2 aromatic rings. The predicted octanol–water partition coefficient (Wildman–Crippen LogP) is 3.16. The van der Waals surface area contributed by atoms with Crippen LogP contribution in [-0.4, -0.2) is 56.4 Å². The Hall–Kier alpha value is -2.43. The Morgan fingerprint density at radius 2 is 1.80 bits per heavy atom. The van der Waals surface area contributed by atoms with Crippen LogP contribution < -0.4 is 10.1 Å². The lowest BCUT2D eigenvalue weighted by Gasteiger charge is -2.34. The number of rotatable bonds is 6. The van der Waals surface area contributed by atoms with Gasteiger partial charge in [0.25, 0.3) is 0 Å². The number of ether oxygens (including phenoxy) is 1. The highest BCUT2D eigenvalue weighted by atomic mass is 35.5. The van der Waals surface area contributed by atoms with Crippen LogP contribution in [-0.2, 0) is 16.6 Å². The molecule has 0 saturated carbocycles. The fraction of sp³-hybridized carbons (Fsp3) is 0.316. The monoisotopic (exact) mass is 459 g/mol. The largest absolute Gasteiger partial charge is 0.435 e. The van der Waals surface area contributed by atoms with Gasteiger partial charge in [0.05, 0.1) is 4.90 Å². The molecule has 1 heterocycles. The van der Waals surface area contributed by atoms with Crippen LogP contribution in [0.5, 0.6) is 5.75 Å². The zero-order chi connectivity index (χ0) is 21.7. The highest BCUT2D eigenvalue weighted by Gasteiger charge is 2.30.